The Morgan fingerprint density at radius 1 is 1.13 bits per heavy atom. The molecule has 1 atom stereocenters. The van der Waals surface area contributed by atoms with Gasteiger partial charge in [0.15, 0.2) is 6.61 Å². The molecule has 0 saturated carbocycles. The molecule has 0 spiro atoms. The molecule has 2 rings (SSSR count). The van der Waals surface area contributed by atoms with Gasteiger partial charge in [0.2, 0.25) is 0 Å². The van der Waals surface area contributed by atoms with Crippen molar-refractivity contribution in [2.24, 2.45) is 5.10 Å². The zero-order valence-corrected chi connectivity index (χ0v) is 18.5. The van der Waals surface area contributed by atoms with Crippen LogP contribution in [0.2, 0.25) is 10.0 Å². The zero-order chi connectivity index (χ0) is 22.8. The first-order valence-corrected chi connectivity index (χ1v) is 10.2. The predicted molar refractivity (Wildman–Crippen MR) is 121 cm³/mol. The number of nitrogens with zero attached hydrogens (tertiary/aromatic N) is 1. The van der Waals surface area contributed by atoms with E-state index in [1.165, 1.54) is 12.3 Å². The predicted octanol–water partition coefficient (Wildman–Crippen LogP) is 3.38. The van der Waals surface area contributed by atoms with Crippen molar-refractivity contribution in [1.29, 1.82) is 0 Å². The standard InChI is InChI=1S/C21H22Cl2N4O4/c1-3-13(2)25-20(29)21(30)27-24-11-14-6-4-5-7-18(14)31-12-19(28)26-17-9-8-15(22)10-16(17)23/h4-11,13H,3,12H2,1-2H3,(H,25,29)(H,26,28)(H,27,30)/b24-11-/t13-/m0/s1. The van der Waals surface area contributed by atoms with E-state index in [2.05, 4.69) is 21.2 Å². The van der Waals surface area contributed by atoms with E-state index in [0.29, 0.717) is 33.5 Å². The Kier molecular flexibility index (Phi) is 9.30. The first-order chi connectivity index (χ1) is 14.8. The number of halogens is 2. The molecule has 8 nitrogen and oxygen atoms in total. The van der Waals surface area contributed by atoms with E-state index < -0.39 is 17.7 Å². The van der Waals surface area contributed by atoms with Crippen molar-refractivity contribution >= 4 is 52.8 Å². The number of nitrogens with one attached hydrogen (secondary N) is 3. The number of para-hydroxylation sites is 1. The summed E-state index contributed by atoms with van der Waals surface area (Å²) in [6.07, 6.45) is 2.02. The van der Waals surface area contributed by atoms with E-state index >= 15 is 0 Å². The topological polar surface area (TPSA) is 109 Å². The number of rotatable bonds is 8. The molecule has 10 heteroatoms. The molecule has 3 amide bonds. The molecule has 0 unspecified atom stereocenters. The van der Waals surface area contributed by atoms with Crippen molar-refractivity contribution in [2.45, 2.75) is 26.3 Å². The van der Waals surface area contributed by atoms with Crippen LogP contribution in [0.3, 0.4) is 0 Å². The van der Waals surface area contributed by atoms with Gasteiger partial charge in [0.1, 0.15) is 5.75 Å². The average Bonchev–Trinajstić information content (AvgIpc) is 2.74. The molecule has 0 saturated heterocycles. The fourth-order valence-corrected chi connectivity index (χ4v) is 2.70. The Bertz CT molecular complexity index is 982. The van der Waals surface area contributed by atoms with Crippen LogP contribution in [-0.4, -0.2) is 36.6 Å². The first kappa shape index (κ1) is 24.2. The molecule has 0 aliphatic carbocycles. The Morgan fingerprint density at radius 2 is 1.87 bits per heavy atom. The molecule has 0 heterocycles. The molecule has 3 N–H and O–H groups in total. The highest BCUT2D eigenvalue weighted by Crippen LogP contribution is 2.25. The maximum Gasteiger partial charge on any atom is 0.329 e. The molecular weight excluding hydrogens is 443 g/mol. The highest BCUT2D eigenvalue weighted by atomic mass is 35.5. The number of carbonyl (C=O) groups is 3. The van der Waals surface area contributed by atoms with Crippen molar-refractivity contribution in [3.63, 3.8) is 0 Å². The van der Waals surface area contributed by atoms with Crippen LogP contribution in [0, 0.1) is 0 Å². The minimum absolute atomic E-state index is 0.120. The summed E-state index contributed by atoms with van der Waals surface area (Å²) in [7, 11) is 0. The molecule has 31 heavy (non-hydrogen) atoms. The Balaban J connectivity index is 1.92. The van der Waals surface area contributed by atoms with Gasteiger partial charge in [-0.2, -0.15) is 5.10 Å². The van der Waals surface area contributed by atoms with Crippen molar-refractivity contribution < 1.29 is 19.1 Å². The third-order valence-corrected chi connectivity index (χ3v) is 4.60. The summed E-state index contributed by atoms with van der Waals surface area (Å²) in [6.45, 7) is 3.40. The van der Waals surface area contributed by atoms with E-state index in [-0.39, 0.29) is 12.6 Å². The van der Waals surface area contributed by atoms with Crippen LogP contribution in [0.5, 0.6) is 5.75 Å². The van der Waals surface area contributed by atoms with Gasteiger partial charge in [0.05, 0.1) is 16.9 Å². The van der Waals surface area contributed by atoms with Crippen LogP contribution in [0.25, 0.3) is 0 Å². The van der Waals surface area contributed by atoms with Crippen LogP contribution < -0.4 is 20.8 Å². The molecule has 2 aromatic rings. The molecule has 2 aromatic carbocycles. The lowest BCUT2D eigenvalue weighted by Gasteiger charge is -2.11. The third kappa shape index (κ3) is 7.92. The molecule has 0 bridgehead atoms. The summed E-state index contributed by atoms with van der Waals surface area (Å²) in [4.78, 5) is 35.6. The largest absolute Gasteiger partial charge is 0.483 e. The van der Waals surface area contributed by atoms with Gasteiger partial charge in [-0.15, -0.1) is 0 Å². The second-order valence-corrected chi connectivity index (χ2v) is 7.32. The highest BCUT2D eigenvalue weighted by Gasteiger charge is 2.14. The maximum absolute atomic E-state index is 12.2. The summed E-state index contributed by atoms with van der Waals surface area (Å²) in [5.41, 5.74) is 3.07. The normalized spacial score (nSPS) is 11.6. The Labute approximate surface area is 189 Å². The summed E-state index contributed by atoms with van der Waals surface area (Å²) < 4.78 is 5.54. The fourth-order valence-electron chi connectivity index (χ4n) is 2.24. The number of amides is 3. The fraction of sp³-hybridized carbons (Fsp3) is 0.238. The summed E-state index contributed by atoms with van der Waals surface area (Å²) in [6, 6.07) is 11.4. The molecule has 0 aliphatic rings. The smallest absolute Gasteiger partial charge is 0.329 e. The number of benzene rings is 2. The lowest BCUT2D eigenvalue weighted by Crippen LogP contribution is -2.41. The Hall–Kier alpha value is -3.10. The monoisotopic (exact) mass is 464 g/mol. The number of anilines is 1. The van der Waals surface area contributed by atoms with Gasteiger partial charge in [-0.05, 0) is 43.7 Å². The minimum Gasteiger partial charge on any atom is -0.483 e. The molecule has 164 valence electrons. The van der Waals surface area contributed by atoms with Crippen LogP contribution >= 0.6 is 23.2 Å². The molecular formula is C21H22Cl2N4O4. The van der Waals surface area contributed by atoms with Crippen LogP contribution in [0.15, 0.2) is 47.6 Å². The van der Waals surface area contributed by atoms with Gasteiger partial charge in [-0.3, -0.25) is 14.4 Å². The van der Waals surface area contributed by atoms with E-state index in [1.54, 1.807) is 43.3 Å². The quantitative estimate of drug-likeness (QED) is 0.316. The van der Waals surface area contributed by atoms with Crippen molar-refractivity contribution in [3.05, 3.63) is 58.1 Å². The molecule has 0 aromatic heterocycles. The maximum atomic E-state index is 12.2. The minimum atomic E-state index is -0.880. The van der Waals surface area contributed by atoms with E-state index in [4.69, 9.17) is 27.9 Å². The van der Waals surface area contributed by atoms with Gasteiger partial charge < -0.3 is 15.4 Å². The second-order valence-electron chi connectivity index (χ2n) is 6.48. The number of ether oxygens (including phenoxy) is 1. The van der Waals surface area contributed by atoms with Crippen molar-refractivity contribution in [2.75, 3.05) is 11.9 Å². The van der Waals surface area contributed by atoms with E-state index in [0.717, 1.165) is 0 Å². The number of hydrazone groups is 1. The van der Waals surface area contributed by atoms with Crippen molar-refractivity contribution in [3.8, 4) is 5.75 Å². The number of carbonyl (C=O) groups excluding carboxylic acids is 3. The lowest BCUT2D eigenvalue weighted by molar-refractivity contribution is -0.139. The SMILES string of the molecule is CC[C@H](C)NC(=O)C(=O)N/N=C\c1ccccc1OCC(=O)Nc1ccc(Cl)cc1Cl. The van der Waals surface area contributed by atoms with Gasteiger partial charge in [-0.25, -0.2) is 5.43 Å². The number of hydrogen-bond acceptors (Lipinski definition) is 5. The van der Waals surface area contributed by atoms with Gasteiger partial charge >= 0.3 is 11.8 Å². The van der Waals surface area contributed by atoms with Gasteiger partial charge in [-0.1, -0.05) is 42.3 Å². The van der Waals surface area contributed by atoms with E-state index in [1.807, 2.05) is 6.92 Å². The Morgan fingerprint density at radius 3 is 2.58 bits per heavy atom. The average molecular weight is 465 g/mol. The van der Waals surface area contributed by atoms with Gasteiger partial charge in [0, 0.05) is 16.6 Å². The summed E-state index contributed by atoms with van der Waals surface area (Å²) >= 11 is 11.9. The molecule has 0 fully saturated rings. The van der Waals surface area contributed by atoms with Crippen LogP contribution in [-0.2, 0) is 14.4 Å². The molecule has 0 aliphatic heterocycles. The van der Waals surface area contributed by atoms with E-state index in [9.17, 15) is 14.4 Å². The number of hydrogen-bond donors (Lipinski definition) is 3. The highest BCUT2D eigenvalue weighted by molar-refractivity contribution is 6.36. The second kappa shape index (κ2) is 11.9. The summed E-state index contributed by atoms with van der Waals surface area (Å²) in [5, 5.41) is 9.70. The zero-order valence-electron chi connectivity index (χ0n) is 16.9. The summed E-state index contributed by atoms with van der Waals surface area (Å²) in [5.74, 6) is -1.71. The van der Waals surface area contributed by atoms with Gasteiger partial charge in [0.25, 0.3) is 5.91 Å². The molecule has 0 radical (unpaired) electrons. The third-order valence-electron chi connectivity index (χ3n) is 4.05. The van der Waals surface area contributed by atoms with Crippen LogP contribution in [0.4, 0.5) is 5.69 Å². The first-order valence-electron chi connectivity index (χ1n) is 9.40. The van der Waals surface area contributed by atoms with Crippen molar-refractivity contribution in [1.82, 2.24) is 10.7 Å². The lowest BCUT2D eigenvalue weighted by atomic mass is 10.2. The van der Waals surface area contributed by atoms with Crippen LogP contribution in [0.1, 0.15) is 25.8 Å².